The van der Waals surface area contributed by atoms with Gasteiger partial charge in [0.1, 0.15) is 11.5 Å². The Morgan fingerprint density at radius 2 is 1.85 bits per heavy atom. The highest BCUT2D eigenvalue weighted by molar-refractivity contribution is 7.99. The molecule has 0 aliphatic rings. The van der Waals surface area contributed by atoms with Crippen molar-refractivity contribution in [2.45, 2.75) is 12.1 Å². The highest BCUT2D eigenvalue weighted by Gasteiger charge is 2.12. The average molecular weight is 365 g/mol. The van der Waals surface area contributed by atoms with Crippen molar-refractivity contribution < 1.29 is 9.47 Å². The van der Waals surface area contributed by atoms with Crippen LogP contribution in [-0.4, -0.2) is 34.1 Å². The van der Waals surface area contributed by atoms with Gasteiger partial charge in [-0.3, -0.25) is 4.40 Å². The minimum Gasteiger partial charge on any atom is -0.497 e. The zero-order chi connectivity index (χ0) is 17.9. The van der Waals surface area contributed by atoms with Gasteiger partial charge in [-0.05, 0) is 42.8 Å². The summed E-state index contributed by atoms with van der Waals surface area (Å²) in [5, 5.41) is 10.7. The Morgan fingerprint density at radius 3 is 2.65 bits per heavy atom. The van der Waals surface area contributed by atoms with Gasteiger partial charge in [-0.2, -0.15) is 0 Å². The molecule has 0 saturated carbocycles. The number of ether oxygens (including phenoxy) is 2. The lowest BCUT2D eigenvalue weighted by Gasteiger charge is -2.09. The lowest BCUT2D eigenvalue weighted by molar-refractivity contribution is 0.344. The van der Waals surface area contributed by atoms with Crippen LogP contribution in [0.5, 0.6) is 11.5 Å². The number of methoxy groups -OCH3 is 1. The smallest absolute Gasteiger partial charge is 0.196 e. The Balaban J connectivity index is 1.60. The summed E-state index contributed by atoms with van der Waals surface area (Å²) in [6.45, 7) is 2.70. The van der Waals surface area contributed by atoms with E-state index in [4.69, 9.17) is 9.47 Å². The van der Waals surface area contributed by atoms with E-state index in [0.717, 1.165) is 33.6 Å². The molecule has 0 N–H and O–H groups in total. The van der Waals surface area contributed by atoms with Crippen molar-refractivity contribution in [1.29, 1.82) is 0 Å². The predicted molar refractivity (Wildman–Crippen MR) is 104 cm³/mol. The highest BCUT2D eigenvalue weighted by atomic mass is 32.2. The molecule has 0 fully saturated rings. The average Bonchev–Trinajstić information content (AvgIpc) is 3.08. The quantitative estimate of drug-likeness (QED) is 0.375. The van der Waals surface area contributed by atoms with E-state index in [1.54, 1.807) is 18.9 Å². The minimum absolute atomic E-state index is 0.608. The standard InChI is InChI=1S/C20H19N3O2S/c1-14-12-19-21-22-20(26-11-10-25-15-6-4-3-5-7-15)23(19)18-13-16(24-2)8-9-17(14)18/h3-9,12-13H,10-11H2,1-2H3. The van der Waals surface area contributed by atoms with E-state index < -0.39 is 0 Å². The number of fused-ring (bicyclic) bond motifs is 3. The summed E-state index contributed by atoms with van der Waals surface area (Å²) in [5.41, 5.74) is 3.07. The molecule has 0 radical (unpaired) electrons. The van der Waals surface area contributed by atoms with Gasteiger partial charge >= 0.3 is 0 Å². The number of thioether (sulfide) groups is 1. The second-order valence-electron chi connectivity index (χ2n) is 5.90. The molecule has 2 aromatic carbocycles. The van der Waals surface area contributed by atoms with E-state index >= 15 is 0 Å². The van der Waals surface area contributed by atoms with Crippen LogP contribution in [0.3, 0.4) is 0 Å². The number of hydrogen-bond acceptors (Lipinski definition) is 5. The molecule has 4 rings (SSSR count). The summed E-state index contributed by atoms with van der Waals surface area (Å²) in [7, 11) is 1.68. The Labute approximate surface area is 156 Å². The maximum atomic E-state index is 5.76. The number of benzene rings is 2. The van der Waals surface area contributed by atoms with Crippen molar-refractivity contribution >= 4 is 28.3 Å². The van der Waals surface area contributed by atoms with Gasteiger partial charge in [0.25, 0.3) is 0 Å². The van der Waals surface area contributed by atoms with Crippen LogP contribution in [0.15, 0.2) is 59.8 Å². The van der Waals surface area contributed by atoms with Crippen LogP contribution >= 0.6 is 11.8 Å². The van der Waals surface area contributed by atoms with Crippen molar-refractivity contribution in [1.82, 2.24) is 14.6 Å². The fourth-order valence-corrected chi connectivity index (χ4v) is 3.70. The fraction of sp³-hybridized carbons (Fsp3) is 0.200. The Kier molecular flexibility index (Phi) is 4.67. The SMILES string of the molecule is COc1ccc2c(C)cc3nnc(SCCOc4ccccc4)n3c2c1. The monoisotopic (exact) mass is 365 g/mol. The normalized spacial score (nSPS) is 11.2. The van der Waals surface area contributed by atoms with Gasteiger partial charge in [-0.15, -0.1) is 10.2 Å². The van der Waals surface area contributed by atoms with Crippen molar-refractivity contribution in [2.24, 2.45) is 0 Å². The number of aryl methyl sites for hydroxylation is 1. The molecule has 0 saturated heterocycles. The number of nitrogens with zero attached hydrogens (tertiary/aromatic N) is 3. The van der Waals surface area contributed by atoms with E-state index in [1.165, 1.54) is 10.9 Å². The number of hydrogen-bond donors (Lipinski definition) is 0. The van der Waals surface area contributed by atoms with Crippen molar-refractivity contribution in [3.8, 4) is 11.5 Å². The van der Waals surface area contributed by atoms with E-state index in [0.29, 0.717) is 6.61 Å². The number of para-hydroxylation sites is 1. The van der Waals surface area contributed by atoms with Gasteiger partial charge in [0, 0.05) is 17.2 Å². The van der Waals surface area contributed by atoms with Crippen LogP contribution < -0.4 is 9.47 Å². The first kappa shape index (κ1) is 16.7. The second kappa shape index (κ2) is 7.25. The van der Waals surface area contributed by atoms with Gasteiger partial charge in [-0.1, -0.05) is 30.0 Å². The predicted octanol–water partition coefficient (Wildman–Crippen LogP) is 4.37. The van der Waals surface area contributed by atoms with Crippen LogP contribution in [0, 0.1) is 6.92 Å². The number of aromatic nitrogens is 3. The molecule has 0 unspecified atom stereocenters. The lowest BCUT2D eigenvalue weighted by atomic mass is 10.1. The van der Waals surface area contributed by atoms with Crippen LogP contribution in [0.25, 0.3) is 16.6 Å². The van der Waals surface area contributed by atoms with Gasteiger partial charge in [-0.25, -0.2) is 0 Å². The fourth-order valence-electron chi connectivity index (χ4n) is 2.93. The Morgan fingerprint density at radius 1 is 1.00 bits per heavy atom. The molecule has 2 heterocycles. The first-order chi connectivity index (χ1) is 12.8. The molecule has 0 amide bonds. The molecule has 2 aromatic heterocycles. The lowest BCUT2D eigenvalue weighted by Crippen LogP contribution is -2.01. The second-order valence-corrected chi connectivity index (χ2v) is 6.96. The van der Waals surface area contributed by atoms with E-state index in [2.05, 4.69) is 33.7 Å². The van der Waals surface area contributed by atoms with Gasteiger partial charge in [0.15, 0.2) is 10.8 Å². The van der Waals surface area contributed by atoms with Crippen LogP contribution in [0.1, 0.15) is 5.56 Å². The Hall–Kier alpha value is -2.73. The van der Waals surface area contributed by atoms with Gasteiger partial charge in [0.2, 0.25) is 0 Å². The summed E-state index contributed by atoms with van der Waals surface area (Å²) in [6.07, 6.45) is 0. The molecule has 6 heteroatoms. The van der Waals surface area contributed by atoms with E-state index in [9.17, 15) is 0 Å². The molecule has 4 aromatic rings. The number of rotatable bonds is 6. The molecule has 0 aliphatic heterocycles. The zero-order valence-electron chi connectivity index (χ0n) is 14.7. The largest absolute Gasteiger partial charge is 0.497 e. The summed E-state index contributed by atoms with van der Waals surface area (Å²) in [6, 6.07) is 18.0. The van der Waals surface area contributed by atoms with E-state index in [-0.39, 0.29) is 0 Å². The third kappa shape index (κ3) is 3.20. The molecule has 132 valence electrons. The highest BCUT2D eigenvalue weighted by Crippen LogP contribution is 2.28. The zero-order valence-corrected chi connectivity index (χ0v) is 15.5. The maximum absolute atomic E-state index is 5.76. The molecule has 0 atom stereocenters. The van der Waals surface area contributed by atoms with Crippen LogP contribution in [0.2, 0.25) is 0 Å². The first-order valence-corrected chi connectivity index (χ1v) is 9.38. The van der Waals surface area contributed by atoms with Crippen LogP contribution in [0.4, 0.5) is 0 Å². The Bertz CT molecular complexity index is 1050. The molecule has 0 spiro atoms. The summed E-state index contributed by atoms with van der Waals surface area (Å²) in [4.78, 5) is 0. The van der Waals surface area contributed by atoms with Gasteiger partial charge in [0.05, 0.1) is 19.2 Å². The summed E-state index contributed by atoms with van der Waals surface area (Å²) >= 11 is 1.63. The van der Waals surface area contributed by atoms with Crippen LogP contribution in [-0.2, 0) is 0 Å². The molecule has 26 heavy (non-hydrogen) atoms. The topological polar surface area (TPSA) is 48.7 Å². The van der Waals surface area contributed by atoms with Crippen molar-refractivity contribution in [3.05, 3.63) is 60.2 Å². The number of pyridine rings is 1. The molecular formula is C20H19N3O2S. The van der Waals surface area contributed by atoms with Gasteiger partial charge < -0.3 is 9.47 Å². The van der Waals surface area contributed by atoms with E-state index in [1.807, 2.05) is 42.5 Å². The molecule has 0 bridgehead atoms. The molecule has 0 aliphatic carbocycles. The molecule has 5 nitrogen and oxygen atoms in total. The van der Waals surface area contributed by atoms with Crippen molar-refractivity contribution in [3.63, 3.8) is 0 Å². The third-order valence-corrected chi connectivity index (χ3v) is 5.09. The van der Waals surface area contributed by atoms with Crippen molar-refractivity contribution in [2.75, 3.05) is 19.5 Å². The minimum atomic E-state index is 0.608. The summed E-state index contributed by atoms with van der Waals surface area (Å²) < 4.78 is 13.2. The summed E-state index contributed by atoms with van der Waals surface area (Å²) in [5.74, 6) is 2.49. The first-order valence-electron chi connectivity index (χ1n) is 8.39. The maximum Gasteiger partial charge on any atom is 0.196 e. The third-order valence-electron chi connectivity index (χ3n) is 4.20. The molecular weight excluding hydrogens is 346 g/mol.